The van der Waals surface area contributed by atoms with E-state index in [9.17, 15) is 13.6 Å². The van der Waals surface area contributed by atoms with Crippen LogP contribution in [0.4, 0.5) is 14.5 Å². The molecular weight excluding hydrogens is 384 g/mol. The molecule has 30 heavy (non-hydrogen) atoms. The molecule has 1 amide bonds. The molecule has 4 rings (SSSR count). The summed E-state index contributed by atoms with van der Waals surface area (Å²) in [7, 11) is 1.62. The minimum atomic E-state index is -0.573. The third kappa shape index (κ3) is 4.06. The number of halogens is 2. The van der Waals surface area contributed by atoms with Gasteiger partial charge < -0.3 is 9.64 Å². The first-order chi connectivity index (χ1) is 14.6. The standard InChI is InChI=1S/C25H23F2NO2/c1-30-22-12-10-18(11-13-22)24-23(25(29)28(24)21-7-3-2-4-8-21)9-5-6-17-14-19(26)16-20(27)15-17/h2-4,7-8,10-16,23-24H,5-6,9H2,1H3/t23-,24-/m1/s1. The van der Waals surface area contributed by atoms with Gasteiger partial charge in [0.2, 0.25) is 5.91 Å². The van der Waals surface area contributed by atoms with Gasteiger partial charge in [-0.15, -0.1) is 0 Å². The van der Waals surface area contributed by atoms with Crippen LogP contribution in [0, 0.1) is 17.6 Å². The number of ether oxygens (including phenoxy) is 1. The molecule has 0 aromatic heterocycles. The summed E-state index contributed by atoms with van der Waals surface area (Å²) in [4.78, 5) is 14.8. The van der Waals surface area contributed by atoms with E-state index in [2.05, 4.69) is 0 Å². The third-order valence-electron chi connectivity index (χ3n) is 5.61. The fourth-order valence-electron chi connectivity index (χ4n) is 4.17. The first kappa shape index (κ1) is 20.1. The number of carbonyl (C=O) groups excluding carboxylic acids is 1. The van der Waals surface area contributed by atoms with E-state index in [1.54, 1.807) is 7.11 Å². The predicted molar refractivity (Wildman–Crippen MR) is 112 cm³/mol. The van der Waals surface area contributed by atoms with Crippen LogP contribution in [0.2, 0.25) is 0 Å². The monoisotopic (exact) mass is 407 g/mol. The maximum absolute atomic E-state index is 13.4. The SMILES string of the molecule is COc1ccc([C@@H]2[C@@H](CCCc3cc(F)cc(F)c3)C(=O)N2c2ccccc2)cc1. The summed E-state index contributed by atoms with van der Waals surface area (Å²) in [5.41, 5.74) is 2.52. The van der Waals surface area contributed by atoms with Gasteiger partial charge in [0, 0.05) is 11.8 Å². The van der Waals surface area contributed by atoms with E-state index in [-0.39, 0.29) is 17.9 Å². The fraction of sp³-hybridized carbons (Fsp3) is 0.240. The third-order valence-corrected chi connectivity index (χ3v) is 5.61. The highest BCUT2D eigenvalue weighted by molar-refractivity contribution is 6.03. The lowest BCUT2D eigenvalue weighted by molar-refractivity contribution is -0.130. The van der Waals surface area contributed by atoms with Crippen molar-refractivity contribution in [1.82, 2.24) is 0 Å². The van der Waals surface area contributed by atoms with Crippen molar-refractivity contribution in [1.29, 1.82) is 0 Å². The topological polar surface area (TPSA) is 29.5 Å². The van der Waals surface area contributed by atoms with Crippen molar-refractivity contribution in [2.75, 3.05) is 12.0 Å². The Kier molecular flexibility index (Phi) is 5.79. The second-order valence-corrected chi connectivity index (χ2v) is 7.54. The predicted octanol–water partition coefficient (Wildman–Crippen LogP) is 5.70. The summed E-state index contributed by atoms with van der Waals surface area (Å²) < 4.78 is 32.1. The number of rotatable bonds is 7. The maximum atomic E-state index is 13.4. The smallest absolute Gasteiger partial charge is 0.233 e. The maximum Gasteiger partial charge on any atom is 0.233 e. The Labute approximate surface area is 174 Å². The lowest BCUT2D eigenvalue weighted by atomic mass is 9.78. The average Bonchev–Trinajstić information content (AvgIpc) is 2.75. The molecule has 3 nitrogen and oxygen atoms in total. The number of methoxy groups -OCH3 is 1. The lowest BCUT2D eigenvalue weighted by Gasteiger charge is -2.47. The number of hydrogen-bond donors (Lipinski definition) is 0. The van der Waals surface area contributed by atoms with E-state index in [4.69, 9.17) is 4.74 Å². The Morgan fingerprint density at radius 1 is 0.933 bits per heavy atom. The molecule has 0 bridgehead atoms. The normalized spacial score (nSPS) is 18.2. The van der Waals surface area contributed by atoms with Crippen LogP contribution in [0.3, 0.4) is 0 Å². The summed E-state index contributed by atoms with van der Waals surface area (Å²) in [6.07, 6.45) is 1.85. The Morgan fingerprint density at radius 3 is 2.23 bits per heavy atom. The van der Waals surface area contributed by atoms with Crippen LogP contribution < -0.4 is 9.64 Å². The number of aryl methyl sites for hydroxylation is 1. The number of para-hydroxylation sites is 1. The molecule has 1 aliphatic heterocycles. The summed E-state index contributed by atoms with van der Waals surface area (Å²) in [6.45, 7) is 0. The summed E-state index contributed by atoms with van der Waals surface area (Å²) in [5.74, 6) is -0.475. The van der Waals surface area contributed by atoms with Crippen molar-refractivity contribution in [2.45, 2.75) is 25.3 Å². The number of amides is 1. The first-order valence-electron chi connectivity index (χ1n) is 10.0. The van der Waals surface area contributed by atoms with Crippen molar-refractivity contribution >= 4 is 11.6 Å². The largest absolute Gasteiger partial charge is 0.497 e. The highest BCUT2D eigenvalue weighted by atomic mass is 19.1. The average molecular weight is 407 g/mol. The minimum absolute atomic E-state index is 0.0740. The van der Waals surface area contributed by atoms with E-state index in [0.29, 0.717) is 24.8 Å². The van der Waals surface area contributed by atoms with Gasteiger partial charge in [0.05, 0.1) is 19.1 Å². The molecule has 0 radical (unpaired) electrons. The molecule has 1 heterocycles. The van der Waals surface area contributed by atoms with Crippen molar-refractivity contribution in [3.63, 3.8) is 0 Å². The molecule has 0 unspecified atom stereocenters. The molecule has 2 atom stereocenters. The fourth-order valence-corrected chi connectivity index (χ4v) is 4.17. The molecular formula is C25H23F2NO2. The molecule has 1 saturated heterocycles. The van der Waals surface area contributed by atoms with Gasteiger partial charge in [-0.2, -0.15) is 0 Å². The van der Waals surface area contributed by atoms with Crippen LogP contribution in [0.15, 0.2) is 72.8 Å². The van der Waals surface area contributed by atoms with E-state index in [0.717, 1.165) is 23.1 Å². The van der Waals surface area contributed by atoms with Gasteiger partial charge in [-0.25, -0.2) is 8.78 Å². The molecule has 1 fully saturated rings. The zero-order valence-electron chi connectivity index (χ0n) is 16.7. The molecule has 3 aromatic carbocycles. The molecule has 0 N–H and O–H groups in total. The highest BCUT2D eigenvalue weighted by Crippen LogP contribution is 2.45. The van der Waals surface area contributed by atoms with Crippen LogP contribution >= 0.6 is 0 Å². The Bertz CT molecular complexity index is 1000. The number of carbonyl (C=O) groups is 1. The van der Waals surface area contributed by atoms with Gasteiger partial charge in [-0.1, -0.05) is 30.3 Å². The number of β-lactam (4-membered cyclic amide) rings is 1. The Hall–Kier alpha value is -3.21. The van der Waals surface area contributed by atoms with Crippen molar-refractivity contribution in [3.05, 3.63) is 95.6 Å². The zero-order valence-corrected chi connectivity index (χ0v) is 16.7. The van der Waals surface area contributed by atoms with E-state index in [1.165, 1.54) is 12.1 Å². The van der Waals surface area contributed by atoms with E-state index < -0.39 is 11.6 Å². The lowest BCUT2D eigenvalue weighted by Crippen LogP contribution is -2.55. The summed E-state index contributed by atoms with van der Waals surface area (Å²) in [6, 6.07) is 20.9. The van der Waals surface area contributed by atoms with Crippen molar-refractivity contribution < 1.29 is 18.3 Å². The molecule has 1 aliphatic rings. The molecule has 5 heteroatoms. The van der Waals surface area contributed by atoms with Gasteiger partial charge in [-0.3, -0.25) is 4.79 Å². The van der Waals surface area contributed by atoms with E-state index >= 15 is 0 Å². The van der Waals surface area contributed by atoms with Gasteiger partial charge in [0.1, 0.15) is 17.4 Å². The van der Waals surface area contributed by atoms with E-state index in [1.807, 2.05) is 59.5 Å². The zero-order chi connectivity index (χ0) is 21.1. The molecule has 154 valence electrons. The second-order valence-electron chi connectivity index (χ2n) is 7.54. The highest BCUT2D eigenvalue weighted by Gasteiger charge is 2.48. The molecule has 0 saturated carbocycles. The van der Waals surface area contributed by atoms with Gasteiger partial charge in [0.15, 0.2) is 0 Å². The van der Waals surface area contributed by atoms with Crippen LogP contribution in [0.5, 0.6) is 5.75 Å². The second kappa shape index (κ2) is 8.66. The van der Waals surface area contributed by atoms with Crippen LogP contribution in [-0.4, -0.2) is 13.0 Å². The van der Waals surface area contributed by atoms with Crippen LogP contribution in [0.25, 0.3) is 0 Å². The Morgan fingerprint density at radius 2 is 1.60 bits per heavy atom. The van der Waals surface area contributed by atoms with Crippen molar-refractivity contribution in [3.8, 4) is 5.75 Å². The van der Waals surface area contributed by atoms with Crippen LogP contribution in [-0.2, 0) is 11.2 Å². The quantitative estimate of drug-likeness (QED) is 0.470. The summed E-state index contributed by atoms with van der Waals surface area (Å²) in [5, 5.41) is 0. The molecule has 0 aliphatic carbocycles. The molecule has 0 spiro atoms. The van der Waals surface area contributed by atoms with Gasteiger partial charge in [0.25, 0.3) is 0 Å². The number of hydrogen-bond acceptors (Lipinski definition) is 2. The number of benzene rings is 3. The summed E-state index contributed by atoms with van der Waals surface area (Å²) >= 11 is 0. The van der Waals surface area contributed by atoms with Gasteiger partial charge >= 0.3 is 0 Å². The Balaban J connectivity index is 1.52. The van der Waals surface area contributed by atoms with Crippen molar-refractivity contribution in [2.24, 2.45) is 5.92 Å². The van der Waals surface area contributed by atoms with Crippen LogP contribution in [0.1, 0.15) is 30.0 Å². The minimum Gasteiger partial charge on any atom is -0.497 e. The van der Waals surface area contributed by atoms with Gasteiger partial charge in [-0.05, 0) is 66.8 Å². The molecule has 3 aromatic rings. The first-order valence-corrected chi connectivity index (χ1v) is 10.0. The number of anilines is 1. The number of nitrogens with zero attached hydrogens (tertiary/aromatic N) is 1.